The lowest BCUT2D eigenvalue weighted by Gasteiger charge is -2.41. The smallest absolute Gasteiger partial charge is 0.253 e. The zero-order chi connectivity index (χ0) is 21.7. The fraction of sp³-hybridized carbons (Fsp3) is 0.154. The minimum Gasteiger partial charge on any atom is -0.316 e. The van der Waals surface area contributed by atoms with Gasteiger partial charge in [-0.1, -0.05) is 91.0 Å². The molecule has 0 aromatic heterocycles. The number of rotatable bonds is 8. The van der Waals surface area contributed by atoms with Crippen LogP contribution < -0.4 is 15.6 Å². The van der Waals surface area contributed by atoms with Gasteiger partial charge < -0.3 is 4.57 Å². The lowest BCUT2D eigenvalue weighted by molar-refractivity contribution is -0.136. The van der Waals surface area contributed by atoms with Crippen molar-refractivity contribution >= 4 is 35.6 Å². The van der Waals surface area contributed by atoms with E-state index in [1.165, 1.54) is 32.6 Å². The van der Waals surface area contributed by atoms with E-state index in [4.69, 9.17) is 0 Å². The van der Waals surface area contributed by atoms with Crippen molar-refractivity contribution in [3.8, 4) is 0 Å². The highest BCUT2D eigenvalue weighted by Gasteiger charge is 2.43. The van der Waals surface area contributed by atoms with E-state index < -0.39 is 8.24 Å². The number of imide groups is 1. The Morgan fingerprint density at radius 1 is 0.677 bits per heavy atom. The molecule has 0 atom stereocenters. The van der Waals surface area contributed by atoms with Crippen LogP contribution in [0.15, 0.2) is 103 Å². The molecule has 31 heavy (non-hydrogen) atoms. The van der Waals surface area contributed by atoms with Gasteiger partial charge in [0.1, 0.15) is 0 Å². The number of carbonyl (C=O) groups excluding carboxylic acids is 2. The van der Waals surface area contributed by atoms with Crippen LogP contribution in [0.4, 0.5) is 0 Å². The average molecular weight is 427 g/mol. The molecule has 4 rings (SSSR count). The summed E-state index contributed by atoms with van der Waals surface area (Å²) in [5.74, 6) is -0.435. The molecule has 1 aliphatic heterocycles. The maximum Gasteiger partial charge on any atom is 0.253 e. The van der Waals surface area contributed by atoms with Crippen molar-refractivity contribution in [2.75, 3.05) is 20.1 Å². The van der Waals surface area contributed by atoms with Gasteiger partial charge in [0.15, 0.2) is 0 Å². The first-order chi connectivity index (χ1) is 15.1. The van der Waals surface area contributed by atoms with Gasteiger partial charge in [-0.25, -0.2) is 0 Å². The van der Waals surface area contributed by atoms with Crippen molar-refractivity contribution in [3.05, 3.63) is 103 Å². The third kappa shape index (κ3) is 4.02. The average Bonchev–Trinajstić information content (AvgIpc) is 3.14. The Morgan fingerprint density at radius 3 is 1.45 bits per heavy atom. The first kappa shape index (κ1) is 21.0. The molecular weight excluding hydrogens is 400 g/mol. The molecule has 3 aromatic carbocycles. The van der Waals surface area contributed by atoms with E-state index in [9.17, 15) is 9.59 Å². The predicted octanol–water partition coefficient (Wildman–Crippen LogP) is 1.90. The van der Waals surface area contributed by atoms with E-state index >= 15 is 0 Å². The second-order valence-corrected chi connectivity index (χ2v) is 11.7. The Morgan fingerprint density at radius 2 is 1.06 bits per heavy atom. The van der Waals surface area contributed by atoms with Crippen molar-refractivity contribution < 1.29 is 9.59 Å². The summed E-state index contributed by atoms with van der Waals surface area (Å²) in [6, 6.07) is 32.1. The van der Waals surface area contributed by atoms with Crippen LogP contribution in [-0.2, 0) is 9.59 Å². The summed E-state index contributed by atoms with van der Waals surface area (Å²) < 4.78 is 2.46. The minimum absolute atomic E-state index is 0.217. The summed E-state index contributed by atoms with van der Waals surface area (Å²) in [6.45, 7) is 1.19. The number of hydrogen-bond donors (Lipinski definition) is 0. The molecule has 5 heteroatoms. The lowest BCUT2D eigenvalue weighted by Crippen LogP contribution is -2.76. The van der Waals surface area contributed by atoms with E-state index in [-0.39, 0.29) is 11.8 Å². The van der Waals surface area contributed by atoms with Crippen molar-refractivity contribution in [1.82, 2.24) is 9.47 Å². The summed E-state index contributed by atoms with van der Waals surface area (Å²) in [7, 11) is -0.337. The van der Waals surface area contributed by atoms with E-state index in [1.807, 2.05) is 0 Å². The summed E-state index contributed by atoms with van der Waals surface area (Å²) >= 11 is 0. The molecule has 0 aliphatic carbocycles. The van der Waals surface area contributed by atoms with Gasteiger partial charge in [-0.05, 0) is 35.6 Å². The van der Waals surface area contributed by atoms with Crippen molar-refractivity contribution in [2.24, 2.45) is 0 Å². The standard InChI is InChI=1S/C26H26N2O2Si/c1-27(20-11-21-28-25(29)18-19-26(28)30)31(22-12-5-2-6-13-22,23-14-7-3-8-15-23)24-16-9-4-10-17-24/h2-10,12-19H,11,20-21H2,1H3. The van der Waals surface area contributed by atoms with E-state index in [0.717, 1.165) is 13.0 Å². The van der Waals surface area contributed by atoms with E-state index in [0.29, 0.717) is 6.54 Å². The Labute approximate surface area is 184 Å². The van der Waals surface area contributed by atoms with Gasteiger partial charge in [0, 0.05) is 18.7 Å². The fourth-order valence-electron chi connectivity index (χ4n) is 4.48. The third-order valence-corrected chi connectivity index (χ3v) is 10.8. The van der Waals surface area contributed by atoms with Gasteiger partial charge in [0.05, 0.1) is 0 Å². The van der Waals surface area contributed by atoms with Gasteiger partial charge in [-0.3, -0.25) is 14.5 Å². The molecule has 0 fully saturated rings. The SMILES string of the molecule is CN(CCCN1C(=O)C=CC1=O)[Si](c1ccccc1)(c1ccccc1)c1ccccc1. The largest absolute Gasteiger partial charge is 0.316 e. The molecule has 156 valence electrons. The molecule has 1 aliphatic rings. The number of benzene rings is 3. The highest BCUT2D eigenvalue weighted by atomic mass is 28.3. The summed E-state index contributed by atoms with van der Waals surface area (Å²) in [6.07, 6.45) is 3.42. The fourth-order valence-corrected chi connectivity index (χ4v) is 9.32. The van der Waals surface area contributed by atoms with Crippen LogP contribution in [0.1, 0.15) is 6.42 Å². The maximum absolute atomic E-state index is 11.9. The van der Waals surface area contributed by atoms with E-state index in [1.54, 1.807) is 0 Å². The first-order valence-corrected chi connectivity index (χ1v) is 12.5. The van der Waals surface area contributed by atoms with Crippen molar-refractivity contribution in [1.29, 1.82) is 0 Å². The molecule has 4 nitrogen and oxygen atoms in total. The monoisotopic (exact) mass is 426 g/mol. The number of carbonyl (C=O) groups is 2. The zero-order valence-electron chi connectivity index (χ0n) is 17.6. The predicted molar refractivity (Wildman–Crippen MR) is 127 cm³/mol. The molecule has 0 radical (unpaired) electrons. The van der Waals surface area contributed by atoms with Gasteiger partial charge in [0.25, 0.3) is 11.8 Å². The molecule has 0 bridgehead atoms. The Hall–Kier alpha value is -3.28. The normalized spacial score (nSPS) is 13.9. The number of hydrogen-bond acceptors (Lipinski definition) is 3. The molecule has 0 unspecified atom stereocenters. The number of nitrogens with zero attached hydrogens (tertiary/aromatic N) is 2. The van der Waals surface area contributed by atoms with Crippen LogP contribution in [0, 0.1) is 0 Å². The molecule has 0 saturated carbocycles. The van der Waals surface area contributed by atoms with E-state index in [2.05, 4.69) is 103 Å². The quantitative estimate of drug-likeness (QED) is 0.314. The van der Waals surface area contributed by atoms with Gasteiger partial charge in [-0.15, -0.1) is 0 Å². The molecule has 0 spiro atoms. The molecular formula is C26H26N2O2Si. The summed E-state index contributed by atoms with van der Waals surface area (Å²) in [5.41, 5.74) is 0. The summed E-state index contributed by atoms with van der Waals surface area (Å²) in [4.78, 5) is 25.2. The first-order valence-electron chi connectivity index (χ1n) is 10.6. The van der Waals surface area contributed by atoms with Gasteiger partial charge in [-0.2, -0.15) is 0 Å². The van der Waals surface area contributed by atoms with Crippen LogP contribution in [0.5, 0.6) is 0 Å². The highest BCUT2D eigenvalue weighted by Crippen LogP contribution is 2.13. The van der Waals surface area contributed by atoms with Crippen LogP contribution >= 0.6 is 0 Å². The van der Waals surface area contributed by atoms with Crippen LogP contribution in [-0.4, -0.2) is 49.7 Å². The molecule has 3 aromatic rings. The highest BCUT2D eigenvalue weighted by molar-refractivity contribution is 7.09. The van der Waals surface area contributed by atoms with Gasteiger partial charge in [0.2, 0.25) is 8.24 Å². The second kappa shape index (κ2) is 9.25. The second-order valence-electron chi connectivity index (χ2n) is 7.75. The molecule has 2 amide bonds. The maximum atomic E-state index is 11.9. The number of amides is 2. The third-order valence-electron chi connectivity index (χ3n) is 5.92. The van der Waals surface area contributed by atoms with Crippen molar-refractivity contribution in [2.45, 2.75) is 6.42 Å². The molecule has 0 saturated heterocycles. The summed E-state index contributed by atoms with van der Waals surface area (Å²) in [5, 5.41) is 3.93. The van der Waals surface area contributed by atoms with Crippen LogP contribution in [0.25, 0.3) is 0 Å². The van der Waals surface area contributed by atoms with Crippen LogP contribution in [0.3, 0.4) is 0 Å². The zero-order valence-corrected chi connectivity index (χ0v) is 18.6. The van der Waals surface area contributed by atoms with Gasteiger partial charge >= 0.3 is 0 Å². The topological polar surface area (TPSA) is 40.6 Å². The molecule has 1 heterocycles. The minimum atomic E-state index is -2.51. The Kier molecular flexibility index (Phi) is 6.25. The Bertz CT molecular complexity index is 954. The Balaban J connectivity index is 1.73. The van der Waals surface area contributed by atoms with Crippen LogP contribution in [0.2, 0.25) is 0 Å². The lowest BCUT2D eigenvalue weighted by atomic mass is 10.3. The molecule has 0 N–H and O–H groups in total. The van der Waals surface area contributed by atoms with Crippen molar-refractivity contribution in [3.63, 3.8) is 0 Å².